The Hall–Kier alpha value is -1.75. The van der Waals surface area contributed by atoms with Crippen LogP contribution in [-0.2, 0) is 11.2 Å². The van der Waals surface area contributed by atoms with Crippen LogP contribution in [0.1, 0.15) is 32.3 Å². The van der Waals surface area contributed by atoms with Gasteiger partial charge in [-0.25, -0.2) is 0 Å². The van der Waals surface area contributed by atoms with Gasteiger partial charge in [-0.05, 0) is 43.5 Å². The topological polar surface area (TPSA) is 67.8 Å². The third-order valence-electron chi connectivity index (χ3n) is 3.51. The molecule has 0 aliphatic heterocycles. The molecule has 5 heteroatoms. The molecule has 0 bridgehead atoms. The largest absolute Gasteiger partial charge is 0.497 e. The molecule has 1 aromatic carbocycles. The summed E-state index contributed by atoms with van der Waals surface area (Å²) in [5.41, 5.74) is 0.943. The van der Waals surface area contributed by atoms with Crippen LogP contribution in [0.3, 0.4) is 0 Å². The van der Waals surface area contributed by atoms with Crippen molar-refractivity contribution in [2.24, 2.45) is 0 Å². The summed E-state index contributed by atoms with van der Waals surface area (Å²) in [7, 11) is 3.22. The van der Waals surface area contributed by atoms with Crippen LogP contribution in [0.2, 0.25) is 0 Å². The number of hydrogen-bond donors (Lipinski definition) is 2. The Kier molecular flexibility index (Phi) is 7.02. The number of rotatable bonds is 9. The Morgan fingerprint density at radius 2 is 2.05 bits per heavy atom. The van der Waals surface area contributed by atoms with Gasteiger partial charge in [-0.1, -0.05) is 6.92 Å². The third-order valence-corrected chi connectivity index (χ3v) is 3.51. The molecule has 2 unspecified atom stereocenters. The lowest BCUT2D eigenvalue weighted by Crippen LogP contribution is -2.39. The zero-order valence-electron chi connectivity index (χ0n) is 13.2. The molecule has 5 nitrogen and oxygen atoms in total. The number of carboxylic acid groups (broad SMARTS) is 1. The maximum Gasteiger partial charge on any atom is 0.304 e. The van der Waals surface area contributed by atoms with Gasteiger partial charge in [-0.2, -0.15) is 0 Å². The summed E-state index contributed by atoms with van der Waals surface area (Å²) >= 11 is 0. The van der Waals surface area contributed by atoms with E-state index in [9.17, 15) is 4.79 Å². The Balaban J connectivity index is 2.92. The molecule has 21 heavy (non-hydrogen) atoms. The first-order valence-electron chi connectivity index (χ1n) is 7.18. The van der Waals surface area contributed by atoms with Gasteiger partial charge in [-0.3, -0.25) is 4.79 Å². The van der Waals surface area contributed by atoms with E-state index in [2.05, 4.69) is 19.2 Å². The summed E-state index contributed by atoms with van der Waals surface area (Å²) in [6, 6.07) is 5.70. The Morgan fingerprint density at radius 3 is 2.57 bits per heavy atom. The van der Waals surface area contributed by atoms with E-state index in [0.717, 1.165) is 23.5 Å². The first-order valence-corrected chi connectivity index (χ1v) is 7.18. The quantitative estimate of drug-likeness (QED) is 0.732. The highest BCUT2D eigenvalue weighted by Crippen LogP contribution is 2.25. The van der Waals surface area contributed by atoms with E-state index in [-0.39, 0.29) is 18.5 Å². The second-order valence-electron chi connectivity index (χ2n) is 5.15. The molecule has 1 rings (SSSR count). The molecule has 2 atom stereocenters. The van der Waals surface area contributed by atoms with Gasteiger partial charge < -0.3 is 19.9 Å². The molecule has 0 heterocycles. The van der Waals surface area contributed by atoms with E-state index in [1.807, 2.05) is 18.2 Å². The van der Waals surface area contributed by atoms with E-state index in [1.54, 1.807) is 14.2 Å². The van der Waals surface area contributed by atoms with Gasteiger partial charge in [0.25, 0.3) is 0 Å². The molecule has 1 aromatic rings. The fourth-order valence-electron chi connectivity index (χ4n) is 2.23. The molecule has 0 amide bonds. The first kappa shape index (κ1) is 17.3. The molecular weight excluding hydrogens is 270 g/mol. The van der Waals surface area contributed by atoms with Crippen molar-refractivity contribution in [2.45, 2.75) is 45.2 Å². The normalized spacial score (nSPS) is 13.5. The van der Waals surface area contributed by atoms with Gasteiger partial charge in [0, 0.05) is 12.1 Å². The molecule has 0 saturated carbocycles. The van der Waals surface area contributed by atoms with Crippen molar-refractivity contribution in [1.29, 1.82) is 0 Å². The van der Waals surface area contributed by atoms with Crippen molar-refractivity contribution in [3.8, 4) is 11.5 Å². The predicted octanol–water partition coefficient (Wildman–Crippen LogP) is 2.48. The lowest BCUT2D eigenvalue weighted by Gasteiger charge is -2.22. The molecular formula is C16H25NO4. The molecule has 0 aromatic heterocycles. The number of carboxylic acids is 1. The standard InChI is InChI=1S/C16H25NO4/c1-5-11(2)17-13(10-16(18)19)8-12-9-14(20-3)6-7-15(12)21-4/h6-7,9,11,13,17H,5,8,10H2,1-4H3,(H,18,19). The van der Waals surface area contributed by atoms with Crippen LogP contribution in [0.25, 0.3) is 0 Å². The third kappa shape index (κ3) is 5.63. The molecule has 0 spiro atoms. The van der Waals surface area contributed by atoms with Gasteiger partial charge in [0.05, 0.1) is 20.6 Å². The molecule has 0 aliphatic rings. The van der Waals surface area contributed by atoms with Crippen LogP contribution < -0.4 is 14.8 Å². The maximum atomic E-state index is 11.1. The van der Waals surface area contributed by atoms with Gasteiger partial charge in [0.15, 0.2) is 0 Å². The Labute approximate surface area is 126 Å². The molecule has 0 aliphatic carbocycles. The van der Waals surface area contributed by atoms with Crippen molar-refractivity contribution >= 4 is 5.97 Å². The van der Waals surface area contributed by atoms with Crippen molar-refractivity contribution in [1.82, 2.24) is 5.32 Å². The summed E-state index contributed by atoms with van der Waals surface area (Å²) in [5, 5.41) is 12.4. The lowest BCUT2D eigenvalue weighted by atomic mass is 10.0. The van der Waals surface area contributed by atoms with Crippen LogP contribution in [-0.4, -0.2) is 37.4 Å². The van der Waals surface area contributed by atoms with Crippen molar-refractivity contribution in [2.75, 3.05) is 14.2 Å². The molecule has 0 saturated heterocycles. The summed E-state index contributed by atoms with van der Waals surface area (Å²) in [6.45, 7) is 4.12. The number of ether oxygens (including phenoxy) is 2. The van der Waals surface area contributed by atoms with Crippen LogP contribution in [0.5, 0.6) is 11.5 Å². The highest BCUT2D eigenvalue weighted by atomic mass is 16.5. The number of nitrogens with one attached hydrogen (secondary N) is 1. The Bertz CT molecular complexity index is 462. The van der Waals surface area contributed by atoms with E-state index in [4.69, 9.17) is 14.6 Å². The first-order chi connectivity index (χ1) is 9.99. The van der Waals surface area contributed by atoms with E-state index in [1.165, 1.54) is 0 Å². The summed E-state index contributed by atoms with van der Waals surface area (Å²) in [4.78, 5) is 11.1. The average Bonchev–Trinajstić information content (AvgIpc) is 2.46. The Morgan fingerprint density at radius 1 is 1.33 bits per heavy atom. The van der Waals surface area contributed by atoms with Gasteiger partial charge in [0.2, 0.25) is 0 Å². The number of aliphatic carboxylic acids is 1. The summed E-state index contributed by atoms with van der Waals surface area (Å²) in [5.74, 6) is 0.679. The van der Waals surface area contributed by atoms with Crippen molar-refractivity contribution in [3.05, 3.63) is 23.8 Å². The fraction of sp³-hybridized carbons (Fsp3) is 0.562. The summed E-state index contributed by atoms with van der Waals surface area (Å²) < 4.78 is 10.6. The van der Waals surface area contributed by atoms with Crippen LogP contribution in [0.15, 0.2) is 18.2 Å². The van der Waals surface area contributed by atoms with Crippen LogP contribution in [0, 0.1) is 0 Å². The molecule has 0 radical (unpaired) electrons. The minimum atomic E-state index is -0.808. The summed E-state index contributed by atoms with van der Waals surface area (Å²) in [6.07, 6.45) is 1.60. The van der Waals surface area contributed by atoms with E-state index < -0.39 is 5.97 Å². The number of carbonyl (C=O) groups is 1. The second kappa shape index (κ2) is 8.52. The van der Waals surface area contributed by atoms with E-state index in [0.29, 0.717) is 6.42 Å². The van der Waals surface area contributed by atoms with Gasteiger partial charge in [-0.15, -0.1) is 0 Å². The predicted molar refractivity (Wildman–Crippen MR) is 82.2 cm³/mol. The van der Waals surface area contributed by atoms with Crippen molar-refractivity contribution < 1.29 is 19.4 Å². The smallest absolute Gasteiger partial charge is 0.304 e. The average molecular weight is 295 g/mol. The number of benzene rings is 1. The zero-order chi connectivity index (χ0) is 15.8. The van der Waals surface area contributed by atoms with Gasteiger partial charge >= 0.3 is 5.97 Å². The second-order valence-corrected chi connectivity index (χ2v) is 5.15. The molecule has 2 N–H and O–H groups in total. The minimum Gasteiger partial charge on any atom is -0.497 e. The molecule has 118 valence electrons. The van der Waals surface area contributed by atoms with Crippen LogP contribution >= 0.6 is 0 Å². The fourth-order valence-corrected chi connectivity index (χ4v) is 2.23. The van der Waals surface area contributed by atoms with Gasteiger partial charge in [0.1, 0.15) is 11.5 Å². The van der Waals surface area contributed by atoms with Crippen LogP contribution in [0.4, 0.5) is 0 Å². The van der Waals surface area contributed by atoms with Crippen molar-refractivity contribution in [3.63, 3.8) is 0 Å². The number of hydrogen-bond acceptors (Lipinski definition) is 4. The monoisotopic (exact) mass is 295 g/mol. The zero-order valence-corrected chi connectivity index (χ0v) is 13.2. The SMILES string of the molecule is CCC(C)NC(CC(=O)O)Cc1cc(OC)ccc1OC. The van der Waals surface area contributed by atoms with E-state index >= 15 is 0 Å². The lowest BCUT2D eigenvalue weighted by molar-refractivity contribution is -0.137. The number of methoxy groups -OCH3 is 2. The molecule has 0 fully saturated rings. The highest BCUT2D eigenvalue weighted by Gasteiger charge is 2.18. The maximum absolute atomic E-state index is 11.1. The highest BCUT2D eigenvalue weighted by molar-refractivity contribution is 5.67. The minimum absolute atomic E-state index is 0.0741.